The number of carbonyl (C=O) groups excluding carboxylic acids is 1. The molecule has 0 spiro atoms. The van der Waals surface area contributed by atoms with Gasteiger partial charge in [0.25, 0.3) is 5.91 Å². The molecule has 0 saturated heterocycles. The monoisotopic (exact) mass is 335 g/mol. The molecular weight excluding hydrogens is 314 g/mol. The smallest absolute Gasteiger partial charge is 0.274 e. The van der Waals surface area contributed by atoms with Crippen LogP contribution in [0.5, 0.6) is 0 Å². The number of nitrogens with one attached hydrogen (secondary N) is 1. The van der Waals surface area contributed by atoms with Crippen LogP contribution in [0.25, 0.3) is 0 Å². The zero-order valence-corrected chi connectivity index (χ0v) is 14.4. The Bertz CT molecular complexity index is 655. The van der Waals surface area contributed by atoms with Gasteiger partial charge in [-0.3, -0.25) is 9.89 Å². The SMILES string of the molecule is Cc1cc(C(=O)N(CCOC(C)C)Cc2ccccc2Cl)n[nH]1. The Morgan fingerprint density at radius 2 is 2.13 bits per heavy atom. The molecule has 23 heavy (non-hydrogen) atoms. The van der Waals surface area contributed by atoms with Crippen LogP contribution in [0.3, 0.4) is 0 Å². The summed E-state index contributed by atoms with van der Waals surface area (Å²) in [4.78, 5) is 14.4. The third-order valence-electron chi connectivity index (χ3n) is 3.34. The first-order valence-electron chi connectivity index (χ1n) is 7.63. The molecule has 0 fully saturated rings. The Morgan fingerprint density at radius 3 is 2.74 bits per heavy atom. The molecule has 0 unspecified atom stereocenters. The van der Waals surface area contributed by atoms with Crippen molar-refractivity contribution in [2.75, 3.05) is 13.2 Å². The van der Waals surface area contributed by atoms with Crippen molar-refractivity contribution in [1.29, 1.82) is 0 Å². The highest BCUT2D eigenvalue weighted by atomic mass is 35.5. The number of amides is 1. The van der Waals surface area contributed by atoms with Crippen molar-refractivity contribution in [3.8, 4) is 0 Å². The molecule has 6 heteroatoms. The van der Waals surface area contributed by atoms with E-state index in [1.807, 2.05) is 45.0 Å². The molecule has 1 heterocycles. The summed E-state index contributed by atoms with van der Waals surface area (Å²) in [5.41, 5.74) is 2.16. The number of aromatic nitrogens is 2. The zero-order valence-electron chi connectivity index (χ0n) is 13.7. The van der Waals surface area contributed by atoms with Crippen molar-refractivity contribution in [3.05, 3.63) is 52.3 Å². The Hall–Kier alpha value is -1.85. The number of rotatable bonds is 7. The number of nitrogens with zero attached hydrogens (tertiary/aromatic N) is 2. The van der Waals surface area contributed by atoms with E-state index in [9.17, 15) is 4.79 Å². The van der Waals surface area contributed by atoms with Crippen molar-refractivity contribution in [1.82, 2.24) is 15.1 Å². The van der Waals surface area contributed by atoms with E-state index in [0.29, 0.717) is 30.4 Å². The average molecular weight is 336 g/mol. The molecule has 0 bridgehead atoms. The molecule has 1 amide bonds. The fourth-order valence-electron chi connectivity index (χ4n) is 2.17. The summed E-state index contributed by atoms with van der Waals surface area (Å²) in [5, 5.41) is 7.50. The van der Waals surface area contributed by atoms with E-state index in [1.165, 1.54) is 0 Å². The van der Waals surface area contributed by atoms with E-state index in [1.54, 1.807) is 11.0 Å². The number of aryl methyl sites for hydroxylation is 1. The summed E-state index contributed by atoms with van der Waals surface area (Å²) in [6, 6.07) is 9.26. The minimum Gasteiger partial charge on any atom is -0.377 e. The summed E-state index contributed by atoms with van der Waals surface area (Å²) in [7, 11) is 0. The van der Waals surface area contributed by atoms with Crippen molar-refractivity contribution >= 4 is 17.5 Å². The fraction of sp³-hybridized carbons (Fsp3) is 0.412. The second-order valence-electron chi connectivity index (χ2n) is 5.67. The van der Waals surface area contributed by atoms with Crippen LogP contribution in [0.15, 0.2) is 30.3 Å². The van der Waals surface area contributed by atoms with E-state index < -0.39 is 0 Å². The fourth-order valence-corrected chi connectivity index (χ4v) is 2.37. The third-order valence-corrected chi connectivity index (χ3v) is 3.71. The van der Waals surface area contributed by atoms with Gasteiger partial charge in [-0.15, -0.1) is 0 Å². The summed E-state index contributed by atoms with van der Waals surface area (Å²) in [5.74, 6) is -0.137. The first-order valence-corrected chi connectivity index (χ1v) is 8.01. The van der Waals surface area contributed by atoms with Gasteiger partial charge in [-0.25, -0.2) is 0 Å². The molecule has 0 aliphatic carbocycles. The number of hydrogen-bond donors (Lipinski definition) is 1. The van der Waals surface area contributed by atoms with Crippen molar-refractivity contribution in [3.63, 3.8) is 0 Å². The second-order valence-corrected chi connectivity index (χ2v) is 6.08. The summed E-state index contributed by atoms with van der Waals surface area (Å²) in [6.45, 7) is 7.18. The molecule has 0 atom stereocenters. The van der Waals surface area contributed by atoms with Gasteiger partial charge in [-0.05, 0) is 38.5 Å². The lowest BCUT2D eigenvalue weighted by Crippen LogP contribution is -2.34. The van der Waals surface area contributed by atoms with Crippen molar-refractivity contribution in [2.24, 2.45) is 0 Å². The van der Waals surface area contributed by atoms with Crippen LogP contribution in [0.1, 0.15) is 35.6 Å². The van der Waals surface area contributed by atoms with Gasteiger partial charge in [0.05, 0.1) is 12.7 Å². The van der Waals surface area contributed by atoms with Gasteiger partial charge >= 0.3 is 0 Å². The van der Waals surface area contributed by atoms with E-state index in [2.05, 4.69) is 10.2 Å². The number of hydrogen-bond acceptors (Lipinski definition) is 3. The molecule has 0 aliphatic heterocycles. The van der Waals surface area contributed by atoms with Gasteiger partial charge in [0.15, 0.2) is 0 Å². The van der Waals surface area contributed by atoms with E-state index >= 15 is 0 Å². The lowest BCUT2D eigenvalue weighted by molar-refractivity contribution is 0.0464. The number of benzene rings is 1. The molecule has 5 nitrogen and oxygen atoms in total. The average Bonchev–Trinajstić information content (AvgIpc) is 2.94. The van der Waals surface area contributed by atoms with Crippen LogP contribution < -0.4 is 0 Å². The van der Waals surface area contributed by atoms with E-state index in [4.69, 9.17) is 16.3 Å². The predicted molar refractivity (Wildman–Crippen MR) is 90.6 cm³/mol. The normalized spacial score (nSPS) is 11.0. The van der Waals surface area contributed by atoms with Crippen LogP contribution in [-0.4, -0.2) is 40.3 Å². The molecule has 0 aliphatic rings. The Kier molecular flexibility index (Phi) is 6.19. The van der Waals surface area contributed by atoms with Gasteiger partial charge < -0.3 is 9.64 Å². The van der Waals surface area contributed by atoms with Crippen LogP contribution in [0, 0.1) is 6.92 Å². The standard InChI is InChI=1S/C17H22ClN3O2/c1-12(2)23-9-8-21(11-14-6-4-5-7-15(14)18)17(22)16-10-13(3)19-20-16/h4-7,10,12H,8-9,11H2,1-3H3,(H,19,20). The number of halogens is 1. The minimum absolute atomic E-state index is 0.125. The molecule has 2 rings (SSSR count). The molecule has 1 aromatic heterocycles. The third kappa shape index (κ3) is 5.08. The molecule has 2 aromatic rings. The maximum Gasteiger partial charge on any atom is 0.274 e. The van der Waals surface area contributed by atoms with Crippen LogP contribution in [0.4, 0.5) is 0 Å². The summed E-state index contributed by atoms with van der Waals surface area (Å²) >= 11 is 6.22. The maximum absolute atomic E-state index is 12.7. The molecule has 1 aromatic carbocycles. The number of aromatic amines is 1. The molecule has 124 valence electrons. The summed E-state index contributed by atoms with van der Waals surface area (Å²) in [6.07, 6.45) is 0.125. The van der Waals surface area contributed by atoms with Crippen molar-refractivity contribution in [2.45, 2.75) is 33.4 Å². The first-order chi connectivity index (χ1) is 11.0. The second kappa shape index (κ2) is 8.13. The van der Waals surface area contributed by atoms with E-state index in [-0.39, 0.29) is 12.0 Å². The molecular formula is C17H22ClN3O2. The molecule has 0 saturated carbocycles. The van der Waals surface area contributed by atoms with Crippen LogP contribution >= 0.6 is 11.6 Å². The van der Waals surface area contributed by atoms with Gasteiger partial charge in [-0.2, -0.15) is 5.10 Å². The van der Waals surface area contributed by atoms with Crippen molar-refractivity contribution < 1.29 is 9.53 Å². The number of ether oxygens (including phenoxy) is 1. The zero-order chi connectivity index (χ0) is 16.8. The first kappa shape index (κ1) is 17.5. The highest BCUT2D eigenvalue weighted by Gasteiger charge is 2.19. The van der Waals surface area contributed by atoms with Crippen LogP contribution in [-0.2, 0) is 11.3 Å². The number of H-pyrrole nitrogens is 1. The highest BCUT2D eigenvalue weighted by Crippen LogP contribution is 2.18. The van der Waals surface area contributed by atoms with Gasteiger partial charge in [-0.1, -0.05) is 29.8 Å². The van der Waals surface area contributed by atoms with E-state index in [0.717, 1.165) is 11.3 Å². The largest absolute Gasteiger partial charge is 0.377 e. The Morgan fingerprint density at radius 1 is 1.39 bits per heavy atom. The Balaban J connectivity index is 2.14. The lowest BCUT2D eigenvalue weighted by Gasteiger charge is -2.23. The summed E-state index contributed by atoms with van der Waals surface area (Å²) < 4.78 is 5.58. The Labute approximate surface area is 141 Å². The van der Waals surface area contributed by atoms with Gasteiger partial charge in [0.1, 0.15) is 5.69 Å². The molecule has 0 radical (unpaired) electrons. The van der Waals surface area contributed by atoms with Gasteiger partial charge in [0.2, 0.25) is 0 Å². The minimum atomic E-state index is -0.137. The van der Waals surface area contributed by atoms with Gasteiger partial charge in [0, 0.05) is 23.8 Å². The quantitative estimate of drug-likeness (QED) is 0.843. The topological polar surface area (TPSA) is 58.2 Å². The molecule has 1 N–H and O–H groups in total. The number of carbonyl (C=O) groups is 1. The maximum atomic E-state index is 12.7. The lowest BCUT2D eigenvalue weighted by atomic mass is 10.2. The highest BCUT2D eigenvalue weighted by molar-refractivity contribution is 6.31. The van der Waals surface area contributed by atoms with Crippen LogP contribution in [0.2, 0.25) is 5.02 Å². The predicted octanol–water partition coefficient (Wildman–Crippen LogP) is 3.44.